The highest BCUT2D eigenvalue weighted by Gasteiger charge is 2.37. The normalized spacial score (nSPS) is 30.3. The molecule has 2 atom stereocenters. The molecule has 1 aromatic rings. The number of nitrogens with two attached hydrogens (primary N) is 1. The molecule has 5 nitrogen and oxygen atoms in total. The van der Waals surface area contributed by atoms with Gasteiger partial charge in [0.1, 0.15) is 0 Å². The van der Waals surface area contributed by atoms with Gasteiger partial charge in [0.25, 0.3) is 0 Å². The van der Waals surface area contributed by atoms with Crippen LogP contribution in [0.3, 0.4) is 0 Å². The lowest BCUT2D eigenvalue weighted by molar-refractivity contribution is 0.207. The molecule has 5 heteroatoms. The summed E-state index contributed by atoms with van der Waals surface area (Å²) in [7, 11) is 0. The van der Waals surface area contributed by atoms with Crippen LogP contribution in [0.25, 0.3) is 0 Å². The van der Waals surface area contributed by atoms with Crippen molar-refractivity contribution in [2.75, 3.05) is 6.61 Å². The smallest absolute Gasteiger partial charge is 0.417 e. The number of hydrogen-bond acceptors (Lipinski definition) is 5. The van der Waals surface area contributed by atoms with Crippen LogP contribution in [0.4, 0.5) is 0 Å². The van der Waals surface area contributed by atoms with Crippen molar-refractivity contribution < 1.29 is 9.26 Å². The molecule has 0 aromatic carbocycles. The summed E-state index contributed by atoms with van der Waals surface area (Å²) in [5, 5.41) is 3.93. The predicted molar refractivity (Wildman–Crippen MR) is 59.0 cm³/mol. The summed E-state index contributed by atoms with van der Waals surface area (Å²) in [5.41, 5.74) is 5.91. The molecule has 2 unspecified atom stereocenters. The lowest BCUT2D eigenvalue weighted by Gasteiger charge is -2.33. The largest absolute Gasteiger partial charge is 0.449 e. The number of hydrogen-bond donors (Lipinski definition) is 1. The fourth-order valence-electron chi connectivity index (χ4n) is 2.39. The summed E-state index contributed by atoms with van der Waals surface area (Å²) in [4.78, 5) is 4.20. The highest BCUT2D eigenvalue weighted by Crippen LogP contribution is 2.36. The lowest BCUT2D eigenvalue weighted by Crippen LogP contribution is -2.42. The zero-order valence-electron chi connectivity index (χ0n) is 9.90. The van der Waals surface area contributed by atoms with Gasteiger partial charge in [0.2, 0.25) is 0 Å². The summed E-state index contributed by atoms with van der Waals surface area (Å²) in [6.45, 7) is 4.62. The van der Waals surface area contributed by atoms with Crippen LogP contribution in [-0.4, -0.2) is 16.7 Å². The molecule has 1 aliphatic rings. The molecule has 0 saturated heterocycles. The molecule has 0 radical (unpaired) electrons. The molecule has 1 heterocycles. The third-order valence-corrected chi connectivity index (χ3v) is 3.15. The summed E-state index contributed by atoms with van der Waals surface area (Å²) >= 11 is 0. The zero-order chi connectivity index (χ0) is 11.6. The molecule has 90 valence electrons. The Morgan fingerprint density at radius 2 is 2.44 bits per heavy atom. The standard InChI is InChI=1S/C11H19N3O2/c1-3-15-10-13-9(14-16-10)11(12)6-4-5-8(2)7-11/h8H,3-7,12H2,1-2H3. The fourth-order valence-corrected chi connectivity index (χ4v) is 2.39. The molecule has 1 fully saturated rings. The molecule has 16 heavy (non-hydrogen) atoms. The van der Waals surface area contributed by atoms with E-state index >= 15 is 0 Å². The molecular formula is C11H19N3O2. The van der Waals surface area contributed by atoms with Gasteiger partial charge in [-0.05, 0) is 25.7 Å². The minimum atomic E-state index is -0.434. The summed E-state index contributed by atoms with van der Waals surface area (Å²) < 4.78 is 10.1. The Morgan fingerprint density at radius 1 is 1.62 bits per heavy atom. The zero-order valence-corrected chi connectivity index (χ0v) is 9.90. The van der Waals surface area contributed by atoms with Gasteiger partial charge in [0, 0.05) is 0 Å². The van der Waals surface area contributed by atoms with E-state index in [-0.39, 0.29) is 6.08 Å². The van der Waals surface area contributed by atoms with Crippen molar-refractivity contribution in [3.63, 3.8) is 0 Å². The molecule has 1 aliphatic carbocycles. The van der Waals surface area contributed by atoms with Crippen molar-refractivity contribution in [1.82, 2.24) is 10.1 Å². The first-order valence-electron chi connectivity index (χ1n) is 5.90. The monoisotopic (exact) mass is 225 g/mol. The van der Waals surface area contributed by atoms with Gasteiger partial charge in [0.05, 0.1) is 12.1 Å². The quantitative estimate of drug-likeness (QED) is 0.849. The minimum absolute atomic E-state index is 0.223. The topological polar surface area (TPSA) is 74.2 Å². The van der Waals surface area contributed by atoms with Crippen molar-refractivity contribution in [1.29, 1.82) is 0 Å². The van der Waals surface area contributed by atoms with E-state index in [4.69, 9.17) is 15.0 Å². The molecule has 1 saturated carbocycles. The Balaban J connectivity index is 2.14. The van der Waals surface area contributed by atoms with Crippen LogP contribution >= 0.6 is 0 Å². The van der Waals surface area contributed by atoms with E-state index in [1.807, 2.05) is 6.92 Å². The second-order valence-corrected chi connectivity index (χ2v) is 4.67. The van der Waals surface area contributed by atoms with E-state index in [1.54, 1.807) is 0 Å². The molecule has 2 N–H and O–H groups in total. The Kier molecular flexibility index (Phi) is 3.14. The van der Waals surface area contributed by atoms with Gasteiger partial charge in [-0.15, -0.1) is 0 Å². The van der Waals surface area contributed by atoms with Gasteiger partial charge >= 0.3 is 6.08 Å². The minimum Gasteiger partial charge on any atom is -0.449 e. The van der Waals surface area contributed by atoms with Crippen LogP contribution in [0.5, 0.6) is 6.08 Å². The van der Waals surface area contributed by atoms with Gasteiger partial charge < -0.3 is 10.5 Å². The van der Waals surface area contributed by atoms with Crippen LogP contribution in [0.1, 0.15) is 45.4 Å². The van der Waals surface area contributed by atoms with Gasteiger partial charge in [0.15, 0.2) is 5.82 Å². The van der Waals surface area contributed by atoms with E-state index in [9.17, 15) is 0 Å². The van der Waals surface area contributed by atoms with E-state index in [1.165, 1.54) is 6.42 Å². The summed E-state index contributed by atoms with van der Waals surface area (Å²) in [5.74, 6) is 1.20. The first kappa shape index (κ1) is 11.4. The van der Waals surface area contributed by atoms with Gasteiger partial charge in [-0.25, -0.2) is 0 Å². The Bertz CT molecular complexity index is 353. The van der Waals surface area contributed by atoms with Crippen LogP contribution in [0.15, 0.2) is 4.52 Å². The second kappa shape index (κ2) is 4.41. The Hall–Kier alpha value is -1.10. The van der Waals surface area contributed by atoms with Crippen molar-refractivity contribution in [3.05, 3.63) is 5.82 Å². The van der Waals surface area contributed by atoms with E-state index in [0.717, 1.165) is 19.3 Å². The maximum atomic E-state index is 6.34. The predicted octanol–water partition coefficient (Wildman–Crippen LogP) is 1.83. The van der Waals surface area contributed by atoms with Crippen molar-refractivity contribution >= 4 is 0 Å². The lowest BCUT2D eigenvalue weighted by atomic mass is 9.76. The van der Waals surface area contributed by atoms with E-state index in [0.29, 0.717) is 18.3 Å². The first-order valence-corrected chi connectivity index (χ1v) is 5.90. The molecule has 0 spiro atoms. The maximum absolute atomic E-state index is 6.34. The maximum Gasteiger partial charge on any atom is 0.417 e. The number of nitrogens with zero attached hydrogens (tertiary/aromatic N) is 2. The van der Waals surface area contributed by atoms with Crippen LogP contribution in [0.2, 0.25) is 0 Å². The molecule has 2 rings (SSSR count). The molecule has 1 aromatic heterocycles. The molecule has 0 amide bonds. The second-order valence-electron chi connectivity index (χ2n) is 4.67. The SMILES string of the molecule is CCOc1nc(C2(N)CCCC(C)C2)no1. The van der Waals surface area contributed by atoms with E-state index in [2.05, 4.69) is 17.1 Å². The molecular weight excluding hydrogens is 206 g/mol. The number of rotatable bonds is 3. The average molecular weight is 225 g/mol. The van der Waals surface area contributed by atoms with E-state index < -0.39 is 5.54 Å². The van der Waals surface area contributed by atoms with Crippen LogP contribution in [-0.2, 0) is 5.54 Å². The Morgan fingerprint density at radius 3 is 3.12 bits per heavy atom. The highest BCUT2D eigenvalue weighted by molar-refractivity contribution is 5.07. The van der Waals surface area contributed by atoms with Gasteiger partial charge in [-0.1, -0.05) is 24.9 Å². The van der Waals surface area contributed by atoms with Gasteiger partial charge in [-0.3, -0.25) is 4.52 Å². The highest BCUT2D eigenvalue weighted by atomic mass is 16.6. The fraction of sp³-hybridized carbons (Fsp3) is 0.818. The third-order valence-electron chi connectivity index (χ3n) is 3.15. The van der Waals surface area contributed by atoms with Crippen LogP contribution < -0.4 is 10.5 Å². The Labute approximate surface area is 95.3 Å². The van der Waals surface area contributed by atoms with Gasteiger partial charge in [-0.2, -0.15) is 4.98 Å². The number of aromatic nitrogens is 2. The van der Waals surface area contributed by atoms with Crippen molar-refractivity contribution in [2.24, 2.45) is 11.7 Å². The first-order chi connectivity index (χ1) is 7.64. The third kappa shape index (κ3) is 2.19. The summed E-state index contributed by atoms with van der Waals surface area (Å²) in [6.07, 6.45) is 4.41. The number of ether oxygens (including phenoxy) is 1. The van der Waals surface area contributed by atoms with Crippen molar-refractivity contribution in [2.45, 2.75) is 45.1 Å². The van der Waals surface area contributed by atoms with Crippen molar-refractivity contribution in [3.8, 4) is 6.08 Å². The summed E-state index contributed by atoms with van der Waals surface area (Å²) in [6, 6.07) is 0. The molecule has 0 aliphatic heterocycles. The van der Waals surface area contributed by atoms with Crippen LogP contribution in [0, 0.1) is 5.92 Å². The average Bonchev–Trinajstić information content (AvgIpc) is 2.67. The molecule has 0 bridgehead atoms.